The van der Waals surface area contributed by atoms with E-state index in [0.717, 1.165) is 36.3 Å². The lowest BCUT2D eigenvalue weighted by Crippen LogP contribution is -2.57. The fraction of sp³-hybridized carbons (Fsp3) is 0.700. The molecular weight excluding hydrogens is 420 g/mol. The predicted octanol–water partition coefficient (Wildman–Crippen LogP) is 5.49. The van der Waals surface area contributed by atoms with E-state index >= 15 is 0 Å². The van der Waals surface area contributed by atoms with E-state index < -0.39 is 6.10 Å². The summed E-state index contributed by atoms with van der Waals surface area (Å²) in [5, 5.41) is 14.5. The quantitative estimate of drug-likeness (QED) is 0.619. The molecule has 2 N–H and O–H groups in total. The van der Waals surface area contributed by atoms with Gasteiger partial charge in [0.25, 0.3) is 5.91 Å². The van der Waals surface area contributed by atoms with Gasteiger partial charge < -0.3 is 15.3 Å². The van der Waals surface area contributed by atoms with Crippen molar-refractivity contribution in [1.82, 2.24) is 10.2 Å². The summed E-state index contributed by atoms with van der Waals surface area (Å²) >= 11 is 0. The SMILES string of the molecule is C[C@@H]([C@H]1CC[C@H]2[C@@H]3CCC4[C@@H](O)C(NC(=O)c5ccccc5)=CC[C@]4(C)[C@H]3CC[C@]12C)N(C)C. The van der Waals surface area contributed by atoms with E-state index in [1.165, 1.54) is 32.1 Å². The topological polar surface area (TPSA) is 52.6 Å². The van der Waals surface area contributed by atoms with Gasteiger partial charge in [0.1, 0.15) is 0 Å². The van der Waals surface area contributed by atoms with Crippen molar-refractivity contribution in [2.75, 3.05) is 14.1 Å². The molecule has 0 bridgehead atoms. The van der Waals surface area contributed by atoms with Crippen molar-refractivity contribution in [1.29, 1.82) is 0 Å². The Hall–Kier alpha value is -1.65. The standard InChI is InChI=1S/C30H44N2O2/c1-19(32(4)5)22-13-14-23-21-11-12-25-27(33)26(31-28(34)20-9-7-6-8-10-20)16-18-30(25,3)24(21)15-17-29(22,23)2/h6-10,16,19,21-25,27,33H,11-15,17-18H2,1-5H3,(H,31,34)/t19-,21-,22+,23-,24-,25?,27+,29+,30+/m0/s1. The first kappa shape index (κ1) is 24.1. The summed E-state index contributed by atoms with van der Waals surface area (Å²) in [5.41, 5.74) is 1.93. The molecule has 0 aromatic heterocycles. The third-order valence-corrected chi connectivity index (χ3v) is 11.2. The minimum absolute atomic E-state index is 0.121. The highest BCUT2D eigenvalue weighted by molar-refractivity contribution is 5.95. The molecule has 9 atom stereocenters. The Morgan fingerprint density at radius 3 is 2.38 bits per heavy atom. The maximum Gasteiger partial charge on any atom is 0.255 e. The van der Waals surface area contributed by atoms with Gasteiger partial charge in [0, 0.05) is 17.3 Å². The van der Waals surface area contributed by atoms with Gasteiger partial charge in [0.05, 0.1) is 6.10 Å². The number of hydrogen-bond acceptors (Lipinski definition) is 3. The maximum atomic E-state index is 12.8. The number of hydrogen-bond donors (Lipinski definition) is 2. The fourth-order valence-electron chi connectivity index (χ4n) is 9.08. The second-order valence-corrected chi connectivity index (χ2v) is 12.6. The van der Waals surface area contributed by atoms with Gasteiger partial charge in [-0.3, -0.25) is 4.79 Å². The van der Waals surface area contributed by atoms with Gasteiger partial charge in [-0.15, -0.1) is 0 Å². The number of aliphatic hydroxyl groups is 1. The molecule has 3 fully saturated rings. The summed E-state index contributed by atoms with van der Waals surface area (Å²) in [5.74, 6) is 3.17. The predicted molar refractivity (Wildman–Crippen MR) is 137 cm³/mol. The maximum absolute atomic E-state index is 12.8. The van der Waals surface area contributed by atoms with Crippen molar-refractivity contribution in [2.24, 2.45) is 40.4 Å². The highest BCUT2D eigenvalue weighted by atomic mass is 16.3. The van der Waals surface area contributed by atoms with E-state index in [2.05, 4.69) is 51.2 Å². The number of amides is 1. The molecule has 0 spiro atoms. The zero-order valence-electron chi connectivity index (χ0n) is 21.8. The Morgan fingerprint density at radius 2 is 1.68 bits per heavy atom. The molecule has 186 valence electrons. The van der Waals surface area contributed by atoms with Crippen molar-refractivity contribution in [3.63, 3.8) is 0 Å². The largest absolute Gasteiger partial charge is 0.387 e. The van der Waals surface area contributed by atoms with Gasteiger partial charge in [-0.2, -0.15) is 0 Å². The Bertz CT molecular complexity index is 942. The molecule has 5 rings (SSSR count). The number of nitrogens with one attached hydrogen (secondary N) is 1. The van der Waals surface area contributed by atoms with Crippen LogP contribution in [0.3, 0.4) is 0 Å². The van der Waals surface area contributed by atoms with Crippen LogP contribution in [0.15, 0.2) is 42.1 Å². The van der Waals surface area contributed by atoms with Crippen LogP contribution in [0.1, 0.15) is 76.1 Å². The van der Waals surface area contributed by atoms with Crippen molar-refractivity contribution in [3.05, 3.63) is 47.7 Å². The van der Waals surface area contributed by atoms with E-state index in [9.17, 15) is 9.90 Å². The molecule has 4 aliphatic carbocycles. The van der Waals surface area contributed by atoms with Crippen LogP contribution < -0.4 is 5.32 Å². The zero-order valence-corrected chi connectivity index (χ0v) is 21.8. The van der Waals surface area contributed by atoms with Crippen LogP contribution in [-0.2, 0) is 0 Å². The molecule has 4 nitrogen and oxygen atoms in total. The van der Waals surface area contributed by atoms with Gasteiger partial charge in [0.15, 0.2) is 0 Å². The number of carbonyl (C=O) groups excluding carboxylic acids is 1. The Labute approximate surface area is 206 Å². The van der Waals surface area contributed by atoms with E-state index in [1.54, 1.807) is 0 Å². The molecule has 3 saturated carbocycles. The van der Waals surface area contributed by atoms with Gasteiger partial charge in [0.2, 0.25) is 0 Å². The van der Waals surface area contributed by atoms with Crippen LogP contribution in [0, 0.1) is 40.4 Å². The summed E-state index contributed by atoms with van der Waals surface area (Å²) in [4.78, 5) is 15.2. The molecule has 4 heteroatoms. The summed E-state index contributed by atoms with van der Waals surface area (Å²) in [7, 11) is 4.48. The molecule has 0 saturated heterocycles. The molecule has 4 aliphatic rings. The normalized spacial score (nSPS) is 42.3. The molecule has 1 aromatic rings. The number of benzene rings is 1. The third kappa shape index (κ3) is 3.67. The average Bonchev–Trinajstić information content (AvgIpc) is 3.18. The lowest BCUT2D eigenvalue weighted by molar-refractivity contribution is -0.125. The van der Waals surface area contributed by atoms with Gasteiger partial charge in [-0.1, -0.05) is 38.1 Å². The number of aliphatic hydroxyl groups excluding tert-OH is 1. The lowest BCUT2D eigenvalue weighted by Gasteiger charge is -2.61. The summed E-state index contributed by atoms with van der Waals surface area (Å²) < 4.78 is 0. The molecule has 34 heavy (non-hydrogen) atoms. The van der Waals surface area contributed by atoms with E-state index in [0.29, 0.717) is 22.9 Å². The minimum Gasteiger partial charge on any atom is -0.387 e. The first-order chi connectivity index (χ1) is 16.2. The molecular formula is C30H44N2O2. The van der Waals surface area contributed by atoms with Crippen molar-refractivity contribution in [3.8, 4) is 0 Å². The van der Waals surface area contributed by atoms with E-state index in [-0.39, 0.29) is 17.2 Å². The second-order valence-electron chi connectivity index (χ2n) is 12.6. The van der Waals surface area contributed by atoms with E-state index in [1.807, 2.05) is 30.3 Å². The van der Waals surface area contributed by atoms with Gasteiger partial charge >= 0.3 is 0 Å². The smallest absolute Gasteiger partial charge is 0.255 e. The molecule has 1 aromatic carbocycles. The van der Waals surface area contributed by atoms with Crippen LogP contribution in [0.5, 0.6) is 0 Å². The second kappa shape index (κ2) is 8.78. The van der Waals surface area contributed by atoms with Crippen LogP contribution in [0.2, 0.25) is 0 Å². The fourth-order valence-corrected chi connectivity index (χ4v) is 9.08. The van der Waals surface area contributed by atoms with Crippen molar-refractivity contribution in [2.45, 2.75) is 77.9 Å². The summed E-state index contributed by atoms with van der Waals surface area (Å²) in [6.45, 7) is 7.48. The first-order valence-corrected chi connectivity index (χ1v) is 13.6. The Kier molecular flexibility index (Phi) is 6.21. The lowest BCUT2D eigenvalue weighted by atomic mass is 9.44. The van der Waals surface area contributed by atoms with Gasteiger partial charge in [-0.05, 0) is 119 Å². The molecule has 1 amide bonds. The van der Waals surface area contributed by atoms with Crippen molar-refractivity contribution < 1.29 is 9.90 Å². The highest BCUT2D eigenvalue weighted by Gasteiger charge is 2.61. The number of nitrogens with zero attached hydrogens (tertiary/aromatic N) is 1. The molecule has 0 radical (unpaired) electrons. The minimum atomic E-state index is -0.578. The molecule has 1 unspecified atom stereocenters. The average molecular weight is 465 g/mol. The van der Waals surface area contributed by atoms with Crippen molar-refractivity contribution >= 4 is 5.91 Å². The molecule has 0 heterocycles. The highest BCUT2D eigenvalue weighted by Crippen LogP contribution is 2.67. The third-order valence-electron chi connectivity index (χ3n) is 11.2. The van der Waals surface area contributed by atoms with Crippen LogP contribution in [0.25, 0.3) is 0 Å². The Balaban J connectivity index is 1.35. The van der Waals surface area contributed by atoms with Gasteiger partial charge in [-0.25, -0.2) is 0 Å². The number of fused-ring (bicyclic) bond motifs is 5. The number of allylic oxidation sites excluding steroid dienone is 1. The van der Waals surface area contributed by atoms with Crippen LogP contribution in [-0.4, -0.2) is 42.2 Å². The summed E-state index contributed by atoms with van der Waals surface area (Å²) in [6, 6.07) is 9.95. The van der Waals surface area contributed by atoms with Crippen LogP contribution in [0.4, 0.5) is 0 Å². The number of rotatable bonds is 4. The summed E-state index contributed by atoms with van der Waals surface area (Å²) in [6.07, 6.45) is 10.2. The number of carbonyl (C=O) groups is 1. The zero-order chi connectivity index (χ0) is 24.3. The Morgan fingerprint density at radius 1 is 1.00 bits per heavy atom. The monoisotopic (exact) mass is 464 g/mol. The first-order valence-electron chi connectivity index (χ1n) is 13.6. The van der Waals surface area contributed by atoms with E-state index in [4.69, 9.17) is 0 Å². The molecule has 0 aliphatic heterocycles. The van der Waals surface area contributed by atoms with Crippen LogP contribution >= 0.6 is 0 Å².